The molecule has 1 aliphatic carbocycles. The van der Waals surface area contributed by atoms with E-state index in [0.29, 0.717) is 0 Å². The Balaban J connectivity index is 2.18. The van der Waals surface area contributed by atoms with Crippen LogP contribution in [0.4, 0.5) is 0 Å². The average molecular weight is 193 g/mol. The number of aliphatic hydroxyl groups excluding tert-OH is 1. The second kappa shape index (κ2) is 3.35. The Morgan fingerprint density at radius 3 is 2.29 bits per heavy atom. The summed E-state index contributed by atoms with van der Waals surface area (Å²) in [5.74, 6) is 0. The molecule has 0 amide bonds. The molecule has 0 bridgehead atoms. The zero-order chi connectivity index (χ0) is 10.2. The molecule has 0 aromatic heterocycles. The Hall–Kier alpha value is -0.900. The summed E-state index contributed by atoms with van der Waals surface area (Å²) in [7, 11) is 0. The van der Waals surface area contributed by atoms with E-state index in [0.717, 1.165) is 24.0 Å². The van der Waals surface area contributed by atoms with Gasteiger partial charge >= 0.3 is 0 Å². The molecule has 1 aromatic carbocycles. The van der Waals surface area contributed by atoms with E-state index in [4.69, 9.17) is 10.8 Å². The van der Waals surface area contributed by atoms with Crippen LogP contribution in [0.15, 0.2) is 24.3 Å². The van der Waals surface area contributed by atoms with Crippen molar-refractivity contribution in [2.24, 2.45) is 5.73 Å². The second-order valence-corrected chi connectivity index (χ2v) is 3.94. The first kappa shape index (κ1) is 9.65. The monoisotopic (exact) mass is 193 g/mol. The number of rotatable bonds is 3. The minimum atomic E-state index is -0.582. The lowest BCUT2D eigenvalue weighted by molar-refractivity contribution is 0.151. The molecule has 2 rings (SSSR count). The van der Waals surface area contributed by atoms with Crippen molar-refractivity contribution in [1.29, 1.82) is 0 Å². The van der Waals surface area contributed by atoms with Crippen LogP contribution < -0.4 is 5.73 Å². The Labute approximate surface area is 83.2 Å². The number of benzene rings is 1. The zero-order valence-corrected chi connectivity index (χ0v) is 7.98. The minimum Gasteiger partial charge on any atom is -0.394 e. The maximum Gasteiger partial charge on any atom is 0.0899 e. The van der Waals surface area contributed by atoms with Crippen molar-refractivity contribution in [3.63, 3.8) is 0 Å². The third-order valence-corrected chi connectivity index (χ3v) is 2.80. The molecule has 14 heavy (non-hydrogen) atoms. The first-order valence-corrected chi connectivity index (χ1v) is 4.85. The molecule has 0 saturated heterocycles. The van der Waals surface area contributed by atoms with Gasteiger partial charge in [0.15, 0.2) is 0 Å². The van der Waals surface area contributed by atoms with E-state index < -0.39 is 5.60 Å². The Bertz CT molecular complexity index is 317. The lowest BCUT2D eigenvalue weighted by Crippen LogP contribution is -2.14. The molecule has 76 valence electrons. The maximum absolute atomic E-state index is 9.81. The van der Waals surface area contributed by atoms with Crippen LogP contribution in [0, 0.1) is 0 Å². The quantitative estimate of drug-likeness (QED) is 0.660. The van der Waals surface area contributed by atoms with Crippen molar-refractivity contribution in [2.45, 2.75) is 24.5 Å². The molecule has 0 spiro atoms. The summed E-state index contributed by atoms with van der Waals surface area (Å²) in [4.78, 5) is 0. The molecule has 1 aromatic rings. The van der Waals surface area contributed by atoms with Crippen LogP contribution in [0.2, 0.25) is 0 Å². The van der Waals surface area contributed by atoms with E-state index in [1.807, 2.05) is 24.3 Å². The molecular weight excluding hydrogens is 178 g/mol. The topological polar surface area (TPSA) is 66.5 Å². The van der Waals surface area contributed by atoms with E-state index in [1.165, 1.54) is 0 Å². The molecule has 4 N–H and O–H groups in total. The predicted octanol–water partition coefficient (Wildman–Crippen LogP) is 0.660. The van der Waals surface area contributed by atoms with E-state index in [9.17, 15) is 5.11 Å². The maximum atomic E-state index is 9.81. The van der Waals surface area contributed by atoms with Crippen LogP contribution in [-0.2, 0) is 5.60 Å². The molecule has 1 aliphatic rings. The number of hydrogen-bond donors (Lipinski definition) is 3. The lowest BCUT2D eigenvalue weighted by Gasteiger charge is -2.11. The fourth-order valence-electron chi connectivity index (χ4n) is 1.55. The molecule has 1 saturated carbocycles. The second-order valence-electron chi connectivity index (χ2n) is 3.94. The van der Waals surface area contributed by atoms with Gasteiger partial charge in [0.1, 0.15) is 0 Å². The SMILES string of the molecule is NC(CO)c1ccc(C2(O)CC2)cc1. The van der Waals surface area contributed by atoms with Gasteiger partial charge in [-0.2, -0.15) is 0 Å². The number of aliphatic hydroxyl groups is 2. The lowest BCUT2D eigenvalue weighted by atomic mass is 10.0. The van der Waals surface area contributed by atoms with Gasteiger partial charge in [0, 0.05) is 0 Å². The van der Waals surface area contributed by atoms with Gasteiger partial charge in [-0.05, 0) is 24.0 Å². The van der Waals surface area contributed by atoms with Gasteiger partial charge in [-0.25, -0.2) is 0 Å². The summed E-state index contributed by atoms with van der Waals surface area (Å²) < 4.78 is 0. The van der Waals surface area contributed by atoms with Gasteiger partial charge in [0.05, 0.1) is 18.2 Å². The Morgan fingerprint density at radius 2 is 1.86 bits per heavy atom. The summed E-state index contributed by atoms with van der Waals surface area (Å²) in [6.07, 6.45) is 1.69. The van der Waals surface area contributed by atoms with Crippen molar-refractivity contribution in [3.8, 4) is 0 Å². The highest BCUT2D eigenvalue weighted by molar-refractivity contribution is 5.31. The van der Waals surface area contributed by atoms with Crippen molar-refractivity contribution in [2.75, 3.05) is 6.61 Å². The van der Waals surface area contributed by atoms with Gasteiger partial charge < -0.3 is 15.9 Å². The third-order valence-electron chi connectivity index (χ3n) is 2.80. The zero-order valence-electron chi connectivity index (χ0n) is 7.98. The predicted molar refractivity (Wildman–Crippen MR) is 53.6 cm³/mol. The van der Waals surface area contributed by atoms with Gasteiger partial charge in [0.2, 0.25) is 0 Å². The molecule has 3 nitrogen and oxygen atoms in total. The summed E-state index contributed by atoms with van der Waals surface area (Å²) in [6.45, 7) is -0.0520. The van der Waals surface area contributed by atoms with Crippen LogP contribution in [0.1, 0.15) is 30.0 Å². The summed E-state index contributed by atoms with van der Waals surface area (Å²) >= 11 is 0. The molecule has 0 aliphatic heterocycles. The highest BCUT2D eigenvalue weighted by atomic mass is 16.3. The fraction of sp³-hybridized carbons (Fsp3) is 0.455. The van der Waals surface area contributed by atoms with Gasteiger partial charge in [-0.15, -0.1) is 0 Å². The van der Waals surface area contributed by atoms with Gasteiger partial charge in [-0.3, -0.25) is 0 Å². The standard InChI is InChI=1S/C11H15NO2/c12-10(7-13)8-1-3-9(4-2-8)11(14)5-6-11/h1-4,10,13-14H,5-7,12H2. The highest BCUT2D eigenvalue weighted by Crippen LogP contribution is 2.45. The van der Waals surface area contributed by atoms with Crippen LogP contribution in [0.3, 0.4) is 0 Å². The van der Waals surface area contributed by atoms with E-state index in [1.54, 1.807) is 0 Å². The van der Waals surface area contributed by atoms with Crippen molar-refractivity contribution in [1.82, 2.24) is 0 Å². The normalized spacial score (nSPS) is 20.5. The first-order valence-electron chi connectivity index (χ1n) is 4.85. The van der Waals surface area contributed by atoms with Crippen LogP contribution in [0.25, 0.3) is 0 Å². The molecule has 1 atom stereocenters. The van der Waals surface area contributed by atoms with Crippen LogP contribution >= 0.6 is 0 Å². The fourth-order valence-corrected chi connectivity index (χ4v) is 1.55. The smallest absolute Gasteiger partial charge is 0.0899 e. The van der Waals surface area contributed by atoms with Gasteiger partial charge in [-0.1, -0.05) is 24.3 Å². The Kier molecular flexibility index (Phi) is 2.31. The minimum absolute atomic E-state index is 0.0520. The summed E-state index contributed by atoms with van der Waals surface area (Å²) in [5.41, 5.74) is 6.93. The summed E-state index contributed by atoms with van der Waals surface area (Å²) in [5, 5.41) is 18.7. The molecular formula is C11H15NO2. The van der Waals surface area contributed by atoms with Crippen molar-refractivity contribution < 1.29 is 10.2 Å². The molecule has 3 heteroatoms. The van der Waals surface area contributed by atoms with Gasteiger partial charge in [0.25, 0.3) is 0 Å². The first-order chi connectivity index (χ1) is 6.65. The summed E-state index contributed by atoms with van der Waals surface area (Å²) in [6, 6.07) is 7.19. The van der Waals surface area contributed by atoms with Crippen molar-refractivity contribution >= 4 is 0 Å². The van der Waals surface area contributed by atoms with Crippen molar-refractivity contribution in [3.05, 3.63) is 35.4 Å². The molecule has 1 unspecified atom stereocenters. The van der Waals surface area contributed by atoms with E-state index >= 15 is 0 Å². The Morgan fingerprint density at radius 1 is 1.29 bits per heavy atom. The third kappa shape index (κ3) is 1.66. The average Bonchev–Trinajstić information content (AvgIpc) is 2.97. The molecule has 1 fully saturated rings. The molecule has 0 heterocycles. The highest BCUT2D eigenvalue weighted by Gasteiger charge is 2.41. The van der Waals surface area contributed by atoms with E-state index in [-0.39, 0.29) is 12.6 Å². The largest absolute Gasteiger partial charge is 0.394 e. The van der Waals surface area contributed by atoms with Crippen LogP contribution in [-0.4, -0.2) is 16.8 Å². The number of hydrogen-bond acceptors (Lipinski definition) is 3. The molecule has 0 radical (unpaired) electrons. The van der Waals surface area contributed by atoms with Crippen LogP contribution in [0.5, 0.6) is 0 Å². The number of nitrogens with two attached hydrogens (primary N) is 1. The van der Waals surface area contributed by atoms with E-state index in [2.05, 4.69) is 0 Å².